The Balaban J connectivity index is 1.36. The fourth-order valence-electron chi connectivity index (χ4n) is 4.72. The van der Waals surface area contributed by atoms with Gasteiger partial charge >= 0.3 is 6.03 Å². The van der Waals surface area contributed by atoms with Crippen molar-refractivity contribution in [2.75, 3.05) is 29.9 Å². The second-order valence-electron chi connectivity index (χ2n) is 8.88. The number of nitrogens with zero attached hydrogens (tertiary/aromatic N) is 2. The van der Waals surface area contributed by atoms with E-state index in [0.29, 0.717) is 11.3 Å². The standard InChI is InChI=1S/C26H25FN4O3/c1-26(19-12-11-17-7-2-3-8-18(17)15-19)24(33)31(25(34)29-26)16-22(32)28-23-20(27)9-6-10-21(23)30-13-4-5-14-30/h2-3,6-12,15H,4-5,13-14,16H2,1H3,(H,28,32)(H,29,34). The van der Waals surface area contributed by atoms with Gasteiger partial charge < -0.3 is 15.5 Å². The molecular weight excluding hydrogens is 435 g/mol. The summed E-state index contributed by atoms with van der Waals surface area (Å²) in [7, 11) is 0. The first kappa shape index (κ1) is 21.9. The number of halogens is 1. The van der Waals surface area contributed by atoms with Crippen LogP contribution in [0, 0.1) is 5.82 Å². The molecule has 0 spiro atoms. The molecule has 8 heteroatoms. The van der Waals surface area contributed by atoms with Crippen LogP contribution in [0.2, 0.25) is 0 Å². The zero-order valence-electron chi connectivity index (χ0n) is 18.8. The van der Waals surface area contributed by atoms with E-state index in [0.717, 1.165) is 41.6 Å². The largest absolute Gasteiger partial charge is 0.370 e. The lowest BCUT2D eigenvalue weighted by atomic mass is 9.90. The molecule has 2 saturated heterocycles. The highest BCUT2D eigenvalue weighted by Crippen LogP contribution is 2.33. The van der Waals surface area contributed by atoms with Gasteiger partial charge in [0.25, 0.3) is 5.91 Å². The van der Waals surface area contributed by atoms with Crippen molar-refractivity contribution in [2.24, 2.45) is 0 Å². The van der Waals surface area contributed by atoms with Crippen molar-refractivity contribution < 1.29 is 18.8 Å². The molecule has 0 aliphatic carbocycles. The molecule has 2 heterocycles. The molecule has 3 aromatic rings. The molecule has 0 bridgehead atoms. The van der Waals surface area contributed by atoms with Gasteiger partial charge in [-0.25, -0.2) is 9.18 Å². The quantitative estimate of drug-likeness (QED) is 0.565. The lowest BCUT2D eigenvalue weighted by Crippen LogP contribution is -2.42. The SMILES string of the molecule is CC1(c2ccc3ccccc3c2)NC(=O)N(CC(=O)Nc2c(F)cccc2N2CCCC2)C1=O. The molecule has 2 fully saturated rings. The molecular formula is C26H25FN4O3. The van der Waals surface area contributed by atoms with Gasteiger partial charge in [-0.05, 0) is 54.3 Å². The number of rotatable bonds is 5. The summed E-state index contributed by atoms with van der Waals surface area (Å²) in [6.07, 6.45) is 2.00. The highest BCUT2D eigenvalue weighted by atomic mass is 19.1. The van der Waals surface area contributed by atoms with Crippen LogP contribution in [0.5, 0.6) is 0 Å². The van der Waals surface area contributed by atoms with E-state index in [9.17, 15) is 18.8 Å². The average molecular weight is 461 g/mol. The smallest absolute Gasteiger partial charge is 0.325 e. The van der Waals surface area contributed by atoms with Gasteiger partial charge in [0.15, 0.2) is 0 Å². The van der Waals surface area contributed by atoms with Crippen molar-refractivity contribution in [1.82, 2.24) is 10.2 Å². The number of amides is 4. The Labute approximate surface area is 196 Å². The highest BCUT2D eigenvalue weighted by Gasteiger charge is 2.49. The van der Waals surface area contributed by atoms with Crippen LogP contribution >= 0.6 is 0 Å². The Hall–Kier alpha value is -3.94. The molecule has 2 aliphatic rings. The first-order valence-electron chi connectivity index (χ1n) is 11.3. The first-order chi connectivity index (χ1) is 16.4. The minimum Gasteiger partial charge on any atom is -0.370 e. The molecule has 2 N–H and O–H groups in total. The molecule has 0 radical (unpaired) electrons. The molecule has 5 rings (SSSR count). The normalized spacial score (nSPS) is 20.2. The number of hydrogen-bond donors (Lipinski definition) is 2. The van der Waals surface area contributed by atoms with Crippen LogP contribution in [0.4, 0.5) is 20.6 Å². The zero-order valence-corrected chi connectivity index (χ0v) is 18.8. The number of carbonyl (C=O) groups excluding carboxylic acids is 3. The Bertz CT molecular complexity index is 1300. The van der Waals surface area contributed by atoms with Gasteiger partial charge in [0, 0.05) is 13.1 Å². The van der Waals surface area contributed by atoms with Crippen molar-refractivity contribution in [1.29, 1.82) is 0 Å². The third-order valence-electron chi connectivity index (χ3n) is 6.61. The van der Waals surface area contributed by atoms with Gasteiger partial charge in [-0.1, -0.05) is 42.5 Å². The van der Waals surface area contributed by atoms with Crippen LogP contribution in [0.25, 0.3) is 10.8 Å². The van der Waals surface area contributed by atoms with E-state index in [1.54, 1.807) is 25.1 Å². The molecule has 0 aromatic heterocycles. The number of hydrogen-bond acceptors (Lipinski definition) is 4. The number of urea groups is 1. The summed E-state index contributed by atoms with van der Waals surface area (Å²) in [5.74, 6) is -1.73. The topological polar surface area (TPSA) is 81.8 Å². The maximum absolute atomic E-state index is 14.6. The van der Waals surface area contributed by atoms with Crippen LogP contribution in [0.15, 0.2) is 60.7 Å². The number of nitrogens with one attached hydrogen (secondary N) is 2. The summed E-state index contributed by atoms with van der Waals surface area (Å²) >= 11 is 0. The van der Waals surface area contributed by atoms with E-state index in [-0.39, 0.29) is 5.69 Å². The number of para-hydroxylation sites is 1. The molecule has 3 aromatic carbocycles. The lowest BCUT2D eigenvalue weighted by Gasteiger charge is -2.23. The van der Waals surface area contributed by atoms with Gasteiger partial charge in [-0.2, -0.15) is 0 Å². The van der Waals surface area contributed by atoms with E-state index < -0.39 is 35.7 Å². The van der Waals surface area contributed by atoms with Crippen LogP contribution < -0.4 is 15.5 Å². The summed E-state index contributed by atoms with van der Waals surface area (Å²) in [5.41, 5.74) is -0.0132. The van der Waals surface area contributed by atoms with Crippen molar-refractivity contribution in [3.05, 3.63) is 72.0 Å². The van der Waals surface area contributed by atoms with Gasteiger partial charge in [-0.3, -0.25) is 14.5 Å². The minimum absolute atomic E-state index is 0.0683. The van der Waals surface area contributed by atoms with Crippen molar-refractivity contribution in [3.63, 3.8) is 0 Å². The number of benzene rings is 3. The van der Waals surface area contributed by atoms with Gasteiger partial charge in [0.05, 0.1) is 5.69 Å². The Morgan fingerprint density at radius 3 is 2.53 bits per heavy atom. The fourth-order valence-corrected chi connectivity index (χ4v) is 4.72. The fraction of sp³-hybridized carbons (Fsp3) is 0.269. The molecule has 7 nitrogen and oxygen atoms in total. The van der Waals surface area contributed by atoms with E-state index in [1.165, 1.54) is 6.07 Å². The molecule has 2 aliphatic heterocycles. The van der Waals surface area contributed by atoms with Crippen molar-refractivity contribution in [3.8, 4) is 0 Å². The van der Waals surface area contributed by atoms with Crippen LogP contribution in [0.3, 0.4) is 0 Å². The molecule has 4 amide bonds. The number of imide groups is 1. The van der Waals surface area contributed by atoms with Gasteiger partial charge in [-0.15, -0.1) is 0 Å². The summed E-state index contributed by atoms with van der Waals surface area (Å²) in [5, 5.41) is 7.26. The molecule has 0 saturated carbocycles. The third-order valence-corrected chi connectivity index (χ3v) is 6.61. The third kappa shape index (κ3) is 3.75. The predicted octanol–water partition coefficient (Wildman–Crippen LogP) is 3.98. The Morgan fingerprint density at radius 1 is 1.03 bits per heavy atom. The average Bonchev–Trinajstić information content (AvgIpc) is 3.44. The number of carbonyl (C=O) groups is 3. The van der Waals surface area contributed by atoms with E-state index in [2.05, 4.69) is 10.6 Å². The maximum Gasteiger partial charge on any atom is 0.325 e. The summed E-state index contributed by atoms with van der Waals surface area (Å²) in [4.78, 5) is 41.7. The van der Waals surface area contributed by atoms with Crippen molar-refractivity contribution in [2.45, 2.75) is 25.3 Å². The first-order valence-corrected chi connectivity index (χ1v) is 11.3. The maximum atomic E-state index is 14.6. The zero-order chi connectivity index (χ0) is 23.9. The van der Waals surface area contributed by atoms with Gasteiger partial charge in [0.2, 0.25) is 5.91 Å². The Kier molecular flexibility index (Phi) is 5.43. The van der Waals surface area contributed by atoms with Gasteiger partial charge in [0.1, 0.15) is 23.6 Å². The highest BCUT2D eigenvalue weighted by molar-refractivity contribution is 6.10. The minimum atomic E-state index is -1.31. The van der Waals surface area contributed by atoms with Crippen LogP contribution in [-0.4, -0.2) is 42.4 Å². The van der Waals surface area contributed by atoms with E-state index in [1.807, 2.05) is 41.3 Å². The second kappa shape index (κ2) is 8.44. The van der Waals surface area contributed by atoms with E-state index >= 15 is 0 Å². The summed E-state index contributed by atoms with van der Waals surface area (Å²) in [6, 6.07) is 17.3. The predicted molar refractivity (Wildman–Crippen MR) is 128 cm³/mol. The summed E-state index contributed by atoms with van der Waals surface area (Å²) < 4.78 is 14.6. The molecule has 1 unspecified atom stereocenters. The van der Waals surface area contributed by atoms with Crippen LogP contribution in [-0.2, 0) is 15.1 Å². The molecule has 174 valence electrons. The lowest BCUT2D eigenvalue weighted by molar-refractivity contribution is -0.133. The summed E-state index contributed by atoms with van der Waals surface area (Å²) in [6.45, 7) is 2.67. The molecule has 34 heavy (non-hydrogen) atoms. The Morgan fingerprint density at radius 2 is 1.76 bits per heavy atom. The monoisotopic (exact) mass is 460 g/mol. The van der Waals surface area contributed by atoms with E-state index in [4.69, 9.17) is 0 Å². The molecule has 1 atom stereocenters. The number of fused-ring (bicyclic) bond motifs is 1. The van der Waals surface area contributed by atoms with Crippen molar-refractivity contribution >= 4 is 40.0 Å². The second-order valence-corrected chi connectivity index (χ2v) is 8.88. The number of anilines is 2. The van der Waals surface area contributed by atoms with Crippen LogP contribution in [0.1, 0.15) is 25.3 Å².